The van der Waals surface area contributed by atoms with E-state index in [2.05, 4.69) is 26.6 Å². The summed E-state index contributed by atoms with van der Waals surface area (Å²) in [6.07, 6.45) is 1.62. The minimum absolute atomic E-state index is 0.0310. The molecule has 0 saturated heterocycles. The topological polar surface area (TPSA) is 111 Å². The Bertz CT molecular complexity index is 475. The number of ether oxygens (including phenoxy) is 2. The lowest BCUT2D eigenvalue weighted by atomic mass is 10.4. The predicted molar refractivity (Wildman–Crippen MR) is 60.7 cm³/mol. The molecule has 1 rings (SSSR count). The number of hydrogen-bond donors (Lipinski definition) is 2. The van der Waals surface area contributed by atoms with Gasteiger partial charge in [-0.1, -0.05) is 12.7 Å². The first-order valence-corrected chi connectivity index (χ1v) is 4.77. The number of rotatable bonds is 5. The van der Waals surface area contributed by atoms with Gasteiger partial charge in [0, 0.05) is 0 Å². The third kappa shape index (κ3) is 3.44. The van der Waals surface area contributed by atoms with Crippen LogP contribution >= 0.6 is 0 Å². The molecule has 0 unspecified atom stereocenters. The zero-order valence-electron chi connectivity index (χ0n) is 9.54. The normalized spacial score (nSPS) is 9.39. The highest BCUT2D eigenvalue weighted by Crippen LogP contribution is 2.18. The molecule has 0 spiro atoms. The molecule has 0 saturated carbocycles. The van der Waals surface area contributed by atoms with Crippen molar-refractivity contribution in [2.45, 2.75) is 0 Å². The van der Waals surface area contributed by atoms with E-state index in [0.717, 1.165) is 6.20 Å². The van der Waals surface area contributed by atoms with Crippen LogP contribution in [0.1, 0.15) is 10.5 Å². The van der Waals surface area contributed by atoms with Gasteiger partial charge in [0.15, 0.2) is 11.5 Å². The summed E-state index contributed by atoms with van der Waals surface area (Å²) in [4.78, 5) is 29.3. The molecule has 96 valence electrons. The average Bonchev–Trinajstić information content (AvgIpc) is 2.36. The average molecular weight is 253 g/mol. The number of nitrogens with one attached hydrogen (secondary N) is 1. The van der Waals surface area contributed by atoms with Crippen molar-refractivity contribution in [2.75, 3.05) is 19.0 Å². The fraction of sp³-hybridized carbons (Fsp3) is 0.200. The monoisotopic (exact) mass is 253 g/mol. The van der Waals surface area contributed by atoms with Crippen LogP contribution in [0, 0.1) is 0 Å². The molecule has 1 aromatic rings. The lowest BCUT2D eigenvalue weighted by Gasteiger charge is -2.08. The molecule has 0 aliphatic carbocycles. The molecule has 2 N–H and O–H groups in total. The van der Waals surface area contributed by atoms with E-state index in [-0.39, 0.29) is 24.0 Å². The van der Waals surface area contributed by atoms with E-state index in [1.54, 1.807) is 0 Å². The molecule has 1 aromatic heterocycles. The maximum atomic E-state index is 11.2. The van der Waals surface area contributed by atoms with Crippen molar-refractivity contribution in [3.8, 4) is 5.88 Å². The SMILES string of the molecule is C=CCOC(=O)Nc1ncc(C(=O)O)nc1OC. The Morgan fingerprint density at radius 1 is 1.61 bits per heavy atom. The quantitative estimate of drug-likeness (QED) is 0.750. The second kappa shape index (κ2) is 6.18. The number of hydrogen-bond acceptors (Lipinski definition) is 6. The van der Waals surface area contributed by atoms with Gasteiger partial charge < -0.3 is 14.6 Å². The molecule has 8 heteroatoms. The zero-order valence-corrected chi connectivity index (χ0v) is 9.54. The van der Waals surface area contributed by atoms with Crippen molar-refractivity contribution in [1.29, 1.82) is 0 Å². The number of amides is 1. The van der Waals surface area contributed by atoms with Crippen LogP contribution in [0.2, 0.25) is 0 Å². The zero-order chi connectivity index (χ0) is 13.5. The molecule has 0 atom stereocenters. The van der Waals surface area contributed by atoms with Crippen molar-refractivity contribution in [2.24, 2.45) is 0 Å². The summed E-state index contributed by atoms with van der Waals surface area (Å²) in [6, 6.07) is 0. The summed E-state index contributed by atoms with van der Waals surface area (Å²) in [7, 11) is 1.27. The predicted octanol–water partition coefficient (Wildman–Crippen LogP) is 0.918. The van der Waals surface area contributed by atoms with Gasteiger partial charge in [-0.25, -0.2) is 19.6 Å². The van der Waals surface area contributed by atoms with Crippen molar-refractivity contribution >= 4 is 17.9 Å². The number of anilines is 1. The van der Waals surface area contributed by atoms with Crippen molar-refractivity contribution in [1.82, 2.24) is 9.97 Å². The molecule has 0 radical (unpaired) electrons. The van der Waals surface area contributed by atoms with E-state index in [1.807, 2.05) is 0 Å². The molecular formula is C10H11N3O5. The van der Waals surface area contributed by atoms with Crippen LogP contribution in [0.3, 0.4) is 0 Å². The van der Waals surface area contributed by atoms with Crippen LogP contribution in [-0.2, 0) is 4.74 Å². The summed E-state index contributed by atoms with van der Waals surface area (Å²) in [5.41, 5.74) is -0.295. The maximum absolute atomic E-state index is 11.2. The fourth-order valence-electron chi connectivity index (χ4n) is 0.971. The summed E-state index contributed by atoms with van der Waals surface area (Å²) >= 11 is 0. The third-order valence-electron chi connectivity index (χ3n) is 1.71. The van der Waals surface area contributed by atoms with Crippen molar-refractivity contribution < 1.29 is 24.2 Å². The molecule has 1 heterocycles. The Balaban J connectivity index is 2.85. The van der Waals surface area contributed by atoms with Gasteiger partial charge in [0.05, 0.1) is 13.3 Å². The standard InChI is InChI=1S/C10H11N3O5/c1-3-4-18-10(16)13-7-8(17-2)12-6(5-11-7)9(14)15/h3,5H,1,4H2,2H3,(H,14,15)(H,11,13,16). The lowest BCUT2D eigenvalue weighted by molar-refractivity contribution is 0.0689. The van der Waals surface area contributed by atoms with Crippen molar-refractivity contribution in [3.63, 3.8) is 0 Å². The molecule has 1 amide bonds. The molecule has 0 bridgehead atoms. The largest absolute Gasteiger partial charge is 0.478 e. The van der Waals surface area contributed by atoms with Gasteiger partial charge in [-0.3, -0.25) is 5.32 Å². The first-order chi connectivity index (χ1) is 8.58. The Hall–Kier alpha value is -2.64. The molecule has 0 aliphatic heterocycles. The van der Waals surface area contributed by atoms with Crippen LogP contribution in [0.4, 0.5) is 10.6 Å². The van der Waals surface area contributed by atoms with Gasteiger partial charge in [0.25, 0.3) is 5.88 Å². The van der Waals surface area contributed by atoms with Gasteiger partial charge >= 0.3 is 12.1 Å². The van der Waals surface area contributed by atoms with E-state index in [0.29, 0.717) is 0 Å². The third-order valence-corrected chi connectivity index (χ3v) is 1.71. The minimum Gasteiger partial charge on any atom is -0.478 e. The van der Waals surface area contributed by atoms with Crippen LogP contribution in [0.5, 0.6) is 5.88 Å². The van der Waals surface area contributed by atoms with Gasteiger partial charge in [0.2, 0.25) is 0 Å². The highest BCUT2D eigenvalue weighted by atomic mass is 16.5. The van der Waals surface area contributed by atoms with Crippen LogP contribution in [0.25, 0.3) is 0 Å². The van der Waals surface area contributed by atoms with E-state index in [9.17, 15) is 9.59 Å². The Kier molecular flexibility index (Phi) is 4.61. The Labute approximate surface area is 102 Å². The van der Waals surface area contributed by atoms with E-state index < -0.39 is 12.1 Å². The highest BCUT2D eigenvalue weighted by molar-refractivity contribution is 5.87. The second-order valence-corrected chi connectivity index (χ2v) is 2.93. The van der Waals surface area contributed by atoms with Gasteiger partial charge in [-0.2, -0.15) is 0 Å². The second-order valence-electron chi connectivity index (χ2n) is 2.93. The van der Waals surface area contributed by atoms with Crippen LogP contribution in [-0.4, -0.2) is 40.9 Å². The number of aromatic carboxylic acids is 1. The minimum atomic E-state index is -1.25. The molecule has 18 heavy (non-hydrogen) atoms. The number of aromatic nitrogens is 2. The Morgan fingerprint density at radius 3 is 2.89 bits per heavy atom. The van der Waals surface area contributed by atoms with Crippen molar-refractivity contribution in [3.05, 3.63) is 24.5 Å². The number of carboxylic acid groups (broad SMARTS) is 1. The molecule has 8 nitrogen and oxygen atoms in total. The van der Waals surface area contributed by atoms with E-state index >= 15 is 0 Å². The van der Waals surface area contributed by atoms with E-state index in [4.69, 9.17) is 9.84 Å². The first kappa shape index (κ1) is 13.4. The Morgan fingerprint density at radius 2 is 2.33 bits per heavy atom. The molecule has 0 aromatic carbocycles. The molecule has 0 fully saturated rings. The summed E-state index contributed by atoms with van der Waals surface area (Å²) in [5, 5.41) is 11.0. The molecular weight excluding hydrogens is 242 g/mol. The summed E-state index contributed by atoms with van der Waals surface area (Å²) in [6.45, 7) is 3.42. The highest BCUT2D eigenvalue weighted by Gasteiger charge is 2.14. The smallest absolute Gasteiger partial charge is 0.413 e. The number of carboxylic acids is 1. The number of nitrogens with zero attached hydrogens (tertiary/aromatic N) is 2. The summed E-state index contributed by atoms with van der Waals surface area (Å²) in [5.74, 6) is -1.40. The fourth-order valence-corrected chi connectivity index (χ4v) is 0.971. The van der Waals surface area contributed by atoms with Gasteiger partial charge in [0.1, 0.15) is 6.61 Å². The van der Waals surface area contributed by atoms with E-state index in [1.165, 1.54) is 13.2 Å². The number of methoxy groups -OCH3 is 1. The molecule has 0 aliphatic rings. The number of carbonyl (C=O) groups is 2. The van der Waals surface area contributed by atoms with Gasteiger partial charge in [-0.15, -0.1) is 0 Å². The maximum Gasteiger partial charge on any atom is 0.413 e. The summed E-state index contributed by atoms with van der Waals surface area (Å²) < 4.78 is 9.48. The number of carbonyl (C=O) groups excluding carboxylic acids is 1. The first-order valence-electron chi connectivity index (χ1n) is 4.77. The lowest BCUT2D eigenvalue weighted by Crippen LogP contribution is -2.16. The van der Waals surface area contributed by atoms with Gasteiger partial charge in [-0.05, 0) is 0 Å². The van der Waals surface area contributed by atoms with Crippen LogP contribution in [0.15, 0.2) is 18.9 Å². The van der Waals surface area contributed by atoms with Crippen LogP contribution < -0.4 is 10.1 Å².